The number of hydrogen-bond donors (Lipinski definition) is 0. The molecule has 17 heavy (non-hydrogen) atoms. The van der Waals surface area contributed by atoms with Crippen LogP contribution >= 0.6 is 0 Å². The zero-order valence-electron chi connectivity index (χ0n) is 12.1. The molecule has 0 nitrogen and oxygen atoms in total. The van der Waals surface area contributed by atoms with Gasteiger partial charge in [-0.3, -0.25) is 0 Å². The Morgan fingerprint density at radius 2 is 0.824 bits per heavy atom. The lowest BCUT2D eigenvalue weighted by molar-refractivity contribution is 0.621. The predicted octanol–water partition coefficient (Wildman–Crippen LogP) is 6.43. The van der Waals surface area contributed by atoms with Gasteiger partial charge in [0, 0.05) is 0 Å². The highest BCUT2D eigenvalue weighted by Crippen LogP contribution is 2.08. The maximum Gasteiger partial charge on any atom is -0.0351 e. The Labute approximate surface area is 109 Å². The standard InChI is InChI=1S/C17H32/c1-3-5-7-9-11-13-15-17-16-14-12-10-8-6-4-2/h7-10H,3-6,11-17H2,1-2H3/b9-7+,10-8+. The quantitative estimate of drug-likeness (QED) is 0.270. The van der Waals surface area contributed by atoms with Crippen LogP contribution in [0.5, 0.6) is 0 Å². The van der Waals surface area contributed by atoms with E-state index in [1.54, 1.807) is 0 Å². The predicted molar refractivity (Wildman–Crippen MR) is 80.4 cm³/mol. The van der Waals surface area contributed by atoms with Crippen molar-refractivity contribution < 1.29 is 0 Å². The Kier molecular flexibility index (Phi) is 15.0. The molecule has 0 atom stereocenters. The molecular formula is C17H32. The summed E-state index contributed by atoms with van der Waals surface area (Å²) in [7, 11) is 0. The van der Waals surface area contributed by atoms with Crippen LogP contribution in [-0.2, 0) is 0 Å². The van der Waals surface area contributed by atoms with Gasteiger partial charge in [0.05, 0.1) is 0 Å². The average Bonchev–Trinajstić information content (AvgIpc) is 2.35. The van der Waals surface area contributed by atoms with E-state index in [9.17, 15) is 0 Å². The lowest BCUT2D eigenvalue weighted by Crippen LogP contribution is -1.78. The van der Waals surface area contributed by atoms with E-state index in [0.29, 0.717) is 0 Å². The largest absolute Gasteiger partial charge is 0.0885 e. The van der Waals surface area contributed by atoms with E-state index in [2.05, 4.69) is 38.2 Å². The van der Waals surface area contributed by atoms with Crippen LogP contribution in [0.3, 0.4) is 0 Å². The van der Waals surface area contributed by atoms with Crippen LogP contribution in [0.2, 0.25) is 0 Å². The molecule has 0 unspecified atom stereocenters. The summed E-state index contributed by atoms with van der Waals surface area (Å²) in [4.78, 5) is 0. The van der Waals surface area contributed by atoms with Gasteiger partial charge < -0.3 is 0 Å². The van der Waals surface area contributed by atoms with Crippen LogP contribution < -0.4 is 0 Å². The lowest BCUT2D eigenvalue weighted by atomic mass is 10.1. The number of unbranched alkanes of at least 4 members (excludes halogenated alkanes) is 8. The average molecular weight is 236 g/mol. The molecule has 100 valence electrons. The first-order valence-corrected chi connectivity index (χ1v) is 7.71. The molecule has 0 aromatic rings. The van der Waals surface area contributed by atoms with Gasteiger partial charge in [0.15, 0.2) is 0 Å². The molecule has 0 spiro atoms. The smallest absolute Gasteiger partial charge is 0.0351 e. The second-order valence-corrected chi connectivity index (χ2v) is 4.87. The summed E-state index contributed by atoms with van der Waals surface area (Å²) in [6.07, 6.45) is 24.0. The van der Waals surface area contributed by atoms with Crippen molar-refractivity contribution in [1.82, 2.24) is 0 Å². The minimum absolute atomic E-state index is 1.25. The van der Waals surface area contributed by atoms with E-state index < -0.39 is 0 Å². The van der Waals surface area contributed by atoms with Gasteiger partial charge in [0.1, 0.15) is 0 Å². The summed E-state index contributed by atoms with van der Waals surface area (Å²) in [5.41, 5.74) is 0. The van der Waals surface area contributed by atoms with Gasteiger partial charge in [-0.05, 0) is 38.5 Å². The van der Waals surface area contributed by atoms with E-state index in [0.717, 1.165) is 0 Å². The minimum atomic E-state index is 1.25. The monoisotopic (exact) mass is 236 g/mol. The van der Waals surface area contributed by atoms with Crippen LogP contribution in [0.4, 0.5) is 0 Å². The Balaban J connectivity index is 3.03. The molecule has 0 aliphatic rings. The van der Waals surface area contributed by atoms with Crippen LogP contribution in [0, 0.1) is 0 Å². The molecule has 0 rings (SSSR count). The first-order valence-electron chi connectivity index (χ1n) is 7.71. The fourth-order valence-corrected chi connectivity index (χ4v) is 1.86. The number of allylic oxidation sites excluding steroid dienone is 4. The van der Waals surface area contributed by atoms with Gasteiger partial charge in [-0.2, -0.15) is 0 Å². The first-order chi connectivity index (χ1) is 8.41. The molecule has 0 fully saturated rings. The van der Waals surface area contributed by atoms with Crippen LogP contribution in [-0.4, -0.2) is 0 Å². The normalized spacial score (nSPS) is 11.9. The molecule has 0 amide bonds. The van der Waals surface area contributed by atoms with Gasteiger partial charge in [0.25, 0.3) is 0 Å². The highest BCUT2D eigenvalue weighted by molar-refractivity contribution is 4.81. The SMILES string of the molecule is CCC/C=C/CCCCCCC/C=C/CCC. The highest BCUT2D eigenvalue weighted by atomic mass is 13.9. The van der Waals surface area contributed by atoms with Crippen molar-refractivity contribution in [2.75, 3.05) is 0 Å². The number of rotatable bonds is 12. The van der Waals surface area contributed by atoms with E-state index in [1.807, 2.05) is 0 Å². The summed E-state index contributed by atoms with van der Waals surface area (Å²) < 4.78 is 0. The van der Waals surface area contributed by atoms with Crippen molar-refractivity contribution in [3.8, 4) is 0 Å². The molecule has 0 bridgehead atoms. The fraction of sp³-hybridized carbons (Fsp3) is 0.765. The van der Waals surface area contributed by atoms with E-state index in [4.69, 9.17) is 0 Å². The zero-order valence-corrected chi connectivity index (χ0v) is 12.1. The van der Waals surface area contributed by atoms with Crippen LogP contribution in [0.25, 0.3) is 0 Å². The van der Waals surface area contributed by atoms with Crippen molar-refractivity contribution in [3.63, 3.8) is 0 Å². The van der Waals surface area contributed by atoms with Gasteiger partial charge in [-0.25, -0.2) is 0 Å². The Morgan fingerprint density at radius 3 is 1.24 bits per heavy atom. The number of hydrogen-bond acceptors (Lipinski definition) is 0. The van der Waals surface area contributed by atoms with Crippen molar-refractivity contribution in [3.05, 3.63) is 24.3 Å². The minimum Gasteiger partial charge on any atom is -0.0885 e. The topological polar surface area (TPSA) is 0 Å². The molecule has 0 N–H and O–H groups in total. The third-order valence-electron chi connectivity index (χ3n) is 2.99. The van der Waals surface area contributed by atoms with Crippen molar-refractivity contribution in [2.45, 2.75) is 84.5 Å². The maximum atomic E-state index is 2.36. The third kappa shape index (κ3) is 15.5. The molecule has 0 saturated carbocycles. The zero-order chi connectivity index (χ0) is 12.6. The fourth-order valence-electron chi connectivity index (χ4n) is 1.86. The van der Waals surface area contributed by atoms with Crippen molar-refractivity contribution in [1.29, 1.82) is 0 Å². The second-order valence-electron chi connectivity index (χ2n) is 4.87. The lowest BCUT2D eigenvalue weighted by Gasteiger charge is -1.98. The summed E-state index contributed by atoms with van der Waals surface area (Å²) in [6.45, 7) is 4.47. The summed E-state index contributed by atoms with van der Waals surface area (Å²) in [6, 6.07) is 0. The molecule has 0 radical (unpaired) electrons. The molecular weight excluding hydrogens is 204 g/mol. The summed E-state index contributed by atoms with van der Waals surface area (Å²) in [5, 5.41) is 0. The molecule has 0 aromatic carbocycles. The Bertz CT molecular complexity index is 156. The van der Waals surface area contributed by atoms with Crippen LogP contribution in [0.1, 0.15) is 84.5 Å². The molecule has 0 saturated heterocycles. The van der Waals surface area contributed by atoms with Gasteiger partial charge in [-0.15, -0.1) is 0 Å². The van der Waals surface area contributed by atoms with Crippen molar-refractivity contribution in [2.24, 2.45) is 0 Å². The molecule has 0 heteroatoms. The van der Waals surface area contributed by atoms with E-state index in [-0.39, 0.29) is 0 Å². The molecule has 0 aliphatic heterocycles. The van der Waals surface area contributed by atoms with E-state index >= 15 is 0 Å². The van der Waals surface area contributed by atoms with Gasteiger partial charge in [0.2, 0.25) is 0 Å². The molecule has 0 aliphatic carbocycles. The van der Waals surface area contributed by atoms with Crippen molar-refractivity contribution >= 4 is 0 Å². The Morgan fingerprint density at radius 1 is 0.471 bits per heavy atom. The Hall–Kier alpha value is -0.520. The summed E-state index contributed by atoms with van der Waals surface area (Å²) >= 11 is 0. The third-order valence-corrected chi connectivity index (χ3v) is 2.99. The van der Waals surface area contributed by atoms with Gasteiger partial charge in [-0.1, -0.05) is 70.3 Å². The maximum absolute atomic E-state index is 2.36. The molecule has 0 aromatic heterocycles. The van der Waals surface area contributed by atoms with Gasteiger partial charge >= 0.3 is 0 Å². The first kappa shape index (κ1) is 16.5. The van der Waals surface area contributed by atoms with E-state index in [1.165, 1.54) is 70.6 Å². The summed E-state index contributed by atoms with van der Waals surface area (Å²) in [5.74, 6) is 0. The second kappa shape index (κ2) is 15.5. The highest BCUT2D eigenvalue weighted by Gasteiger charge is 1.88. The van der Waals surface area contributed by atoms with Crippen LogP contribution in [0.15, 0.2) is 24.3 Å². The molecule has 0 heterocycles.